The molecule has 14 nitrogen and oxygen atoms in total. The number of carbonyl (C=O) groups excluding carboxylic acids is 2. The lowest BCUT2D eigenvalue weighted by Crippen LogP contribution is -2.48. The van der Waals surface area contributed by atoms with E-state index >= 15 is 0 Å². The Kier molecular flexibility index (Phi) is 10.4. The Morgan fingerprint density at radius 1 is 0.804 bits per heavy atom. The van der Waals surface area contributed by atoms with Gasteiger partial charge in [0.2, 0.25) is 5.79 Å². The van der Waals surface area contributed by atoms with E-state index in [2.05, 4.69) is 32.0 Å². The Hall–Kier alpha value is -4.44. The highest BCUT2D eigenvalue weighted by Crippen LogP contribution is 2.41. The largest absolute Gasteiger partial charge is 0.491 e. The highest BCUT2D eigenvalue weighted by atomic mass is 35.5. The molecule has 1 aromatic heterocycles. The van der Waals surface area contributed by atoms with Crippen molar-refractivity contribution in [3.8, 4) is 5.75 Å². The van der Waals surface area contributed by atoms with Crippen molar-refractivity contribution in [1.82, 2.24) is 19.7 Å². The van der Waals surface area contributed by atoms with Gasteiger partial charge in [-0.05, 0) is 88.4 Å². The van der Waals surface area contributed by atoms with Gasteiger partial charge in [0.25, 0.3) is 5.91 Å². The maximum Gasteiger partial charge on any atom is 0.332 e. The van der Waals surface area contributed by atoms with E-state index in [-0.39, 0.29) is 43.8 Å². The van der Waals surface area contributed by atoms with Crippen LogP contribution in [0.4, 0.5) is 21.9 Å². The smallest absolute Gasteiger partial charge is 0.332 e. The Balaban J connectivity index is 0.837. The van der Waals surface area contributed by atoms with Crippen molar-refractivity contribution in [3.63, 3.8) is 0 Å². The molecule has 0 aliphatic carbocycles. The fraction of sp³-hybridized carbons (Fsp3) is 0.450. The average Bonchev–Trinajstić information content (AvgIpc) is 3.96. The first-order chi connectivity index (χ1) is 26.8. The van der Waals surface area contributed by atoms with E-state index < -0.39 is 17.1 Å². The van der Waals surface area contributed by atoms with Crippen LogP contribution in [0.25, 0.3) is 0 Å². The summed E-state index contributed by atoms with van der Waals surface area (Å²) in [5, 5.41) is 5.19. The molecule has 0 bridgehead atoms. The molecular weight excluding hydrogens is 761 g/mol. The monoisotopic (exact) mass is 805 g/mol. The van der Waals surface area contributed by atoms with Crippen molar-refractivity contribution < 1.29 is 33.3 Å². The second-order valence-electron chi connectivity index (χ2n) is 15.4. The van der Waals surface area contributed by atoms with Crippen LogP contribution in [0.15, 0.2) is 79.4 Å². The number of carbonyl (C=O) groups is 2. The number of nitrogens with zero attached hydrogens (tertiary/aromatic N) is 7. The first-order valence-corrected chi connectivity index (χ1v) is 19.5. The number of rotatable bonds is 11. The summed E-state index contributed by atoms with van der Waals surface area (Å²) in [5.41, 5.74) is 2.33. The maximum absolute atomic E-state index is 13.6. The van der Waals surface area contributed by atoms with Crippen LogP contribution in [0.5, 0.6) is 5.75 Å². The van der Waals surface area contributed by atoms with Gasteiger partial charge in [-0.2, -0.15) is 5.10 Å². The van der Waals surface area contributed by atoms with E-state index in [1.165, 1.54) is 11.2 Å². The third-order valence-corrected chi connectivity index (χ3v) is 11.3. The summed E-state index contributed by atoms with van der Waals surface area (Å²) in [5.74, 6) is -1.43. The van der Waals surface area contributed by atoms with Crippen LogP contribution in [-0.4, -0.2) is 108 Å². The molecule has 296 valence electrons. The molecule has 4 aliphatic rings. The van der Waals surface area contributed by atoms with Crippen LogP contribution in [0, 0.1) is 0 Å². The fourth-order valence-electron chi connectivity index (χ4n) is 7.69. The van der Waals surface area contributed by atoms with E-state index in [4.69, 9.17) is 46.9 Å². The molecule has 16 heteroatoms. The quantitative estimate of drug-likeness (QED) is 0.167. The number of aromatic nitrogens is 3. The van der Waals surface area contributed by atoms with Crippen molar-refractivity contribution in [1.29, 1.82) is 0 Å². The first-order valence-electron chi connectivity index (χ1n) is 18.7. The van der Waals surface area contributed by atoms with Crippen LogP contribution in [0.2, 0.25) is 10.0 Å². The van der Waals surface area contributed by atoms with Gasteiger partial charge in [0.1, 0.15) is 49.3 Å². The average molecular weight is 807 g/mol. The van der Waals surface area contributed by atoms with E-state index in [1.54, 1.807) is 48.0 Å². The molecule has 3 aromatic carbocycles. The topological polar surface area (TPSA) is 124 Å². The lowest BCUT2D eigenvalue weighted by molar-refractivity contribution is -0.190. The summed E-state index contributed by atoms with van der Waals surface area (Å²) in [6.45, 7) is 12.0. The van der Waals surface area contributed by atoms with E-state index in [0.29, 0.717) is 34.5 Å². The molecule has 8 rings (SSSR count). The molecule has 0 spiro atoms. The van der Waals surface area contributed by atoms with Gasteiger partial charge in [-0.3, -0.25) is 4.79 Å². The number of hydrogen-bond donors (Lipinski definition) is 0. The third-order valence-electron chi connectivity index (χ3n) is 10.7. The predicted octanol–water partition coefficient (Wildman–Crippen LogP) is 5.96. The molecule has 0 N–H and O–H groups in total. The molecule has 5 heterocycles. The van der Waals surface area contributed by atoms with Gasteiger partial charge < -0.3 is 38.4 Å². The van der Waals surface area contributed by atoms with Crippen LogP contribution >= 0.6 is 23.2 Å². The molecule has 4 aliphatic heterocycles. The van der Waals surface area contributed by atoms with Gasteiger partial charge in [0.05, 0.1) is 30.5 Å². The van der Waals surface area contributed by atoms with E-state index in [0.717, 1.165) is 43.3 Å². The van der Waals surface area contributed by atoms with Crippen LogP contribution < -0.4 is 19.4 Å². The third kappa shape index (κ3) is 7.65. The summed E-state index contributed by atoms with van der Waals surface area (Å²) in [6.07, 6.45) is 2.40. The summed E-state index contributed by atoms with van der Waals surface area (Å²) in [4.78, 5) is 38.7. The minimum Gasteiger partial charge on any atom is -0.491 e. The zero-order chi connectivity index (χ0) is 39.2. The highest BCUT2D eigenvalue weighted by molar-refractivity contribution is 6.35. The van der Waals surface area contributed by atoms with Crippen LogP contribution in [-0.2, 0) is 36.1 Å². The number of hydrogen-bond acceptors (Lipinski definition) is 11. The molecule has 4 aromatic rings. The van der Waals surface area contributed by atoms with Crippen molar-refractivity contribution >= 4 is 52.2 Å². The lowest BCUT2D eigenvalue weighted by atomic mass is 10.0. The summed E-state index contributed by atoms with van der Waals surface area (Å²) in [6, 6.07) is 20.6. The number of anilines is 3. The van der Waals surface area contributed by atoms with Crippen LogP contribution in [0.3, 0.4) is 0 Å². The first kappa shape index (κ1) is 38.4. The van der Waals surface area contributed by atoms with Gasteiger partial charge in [-0.1, -0.05) is 29.3 Å². The van der Waals surface area contributed by atoms with Gasteiger partial charge >= 0.3 is 6.03 Å². The minimum atomic E-state index is -1.18. The molecule has 3 amide bonds. The standard InChI is InChI=1S/C40H45Cl2N7O7/c1-38(2)36(50)49(37(51)48(38)20-32-22-53-39(3,4)55-32)30-8-6-28(7-9-30)45-15-17-46(18-16-45)29-10-12-31(13-11-29)52-21-33-23-54-40(56-33,24-47-26-43-25-44-47)34-14-5-27(41)19-35(34)42/h5-14,19,25-26,32-33H,15-18,20-24H2,1-4H3/t32?,33-,40-/m1/s1. The number of amides is 3. The number of piperazine rings is 1. The normalized spacial score (nSPS) is 24.8. The van der Waals surface area contributed by atoms with Crippen LogP contribution in [0.1, 0.15) is 33.3 Å². The number of halogens is 2. The minimum absolute atomic E-state index is 0.253. The van der Waals surface area contributed by atoms with E-state index in [9.17, 15) is 9.59 Å². The van der Waals surface area contributed by atoms with E-state index in [1.807, 2.05) is 50.2 Å². The van der Waals surface area contributed by atoms with Gasteiger partial charge in [0.15, 0.2) is 5.79 Å². The Morgan fingerprint density at radius 2 is 1.45 bits per heavy atom. The predicted molar refractivity (Wildman–Crippen MR) is 210 cm³/mol. The number of urea groups is 1. The SMILES string of the molecule is CC1(C)OCC(CN2C(=O)N(c3ccc(N4CCN(c5ccc(OC[C@@H]6CO[C@@](Cn7cncn7)(c7ccc(Cl)cc7Cl)O6)cc5)CC4)cc3)C(=O)C2(C)C)O1. The second kappa shape index (κ2) is 15.1. The van der Waals surface area contributed by atoms with Gasteiger partial charge in [0, 0.05) is 48.1 Å². The maximum atomic E-state index is 13.6. The summed E-state index contributed by atoms with van der Waals surface area (Å²) < 4.78 is 32.2. The molecule has 4 saturated heterocycles. The summed E-state index contributed by atoms with van der Waals surface area (Å²) in [7, 11) is 0. The molecule has 0 saturated carbocycles. The fourth-order valence-corrected chi connectivity index (χ4v) is 8.24. The number of benzene rings is 3. The zero-order valence-electron chi connectivity index (χ0n) is 31.8. The Morgan fingerprint density at radius 3 is 2.05 bits per heavy atom. The summed E-state index contributed by atoms with van der Waals surface area (Å²) >= 11 is 12.8. The number of imide groups is 1. The molecule has 56 heavy (non-hydrogen) atoms. The van der Waals surface area contributed by atoms with Crippen molar-refractivity contribution in [2.24, 2.45) is 0 Å². The molecule has 0 radical (unpaired) electrons. The van der Waals surface area contributed by atoms with Crippen molar-refractivity contribution in [3.05, 3.63) is 95.0 Å². The zero-order valence-corrected chi connectivity index (χ0v) is 33.3. The lowest BCUT2D eigenvalue weighted by Gasteiger charge is -2.37. The Labute approximate surface area is 335 Å². The number of ether oxygens (including phenoxy) is 5. The molecule has 1 unspecified atom stereocenters. The Bertz CT molecular complexity index is 2040. The molecular formula is C40H45Cl2N7O7. The molecule has 4 fully saturated rings. The van der Waals surface area contributed by atoms with Gasteiger partial charge in [-0.15, -0.1) is 0 Å². The molecule has 3 atom stereocenters. The van der Waals surface area contributed by atoms with Gasteiger partial charge in [-0.25, -0.2) is 19.4 Å². The van der Waals surface area contributed by atoms with Crippen molar-refractivity contribution in [2.75, 3.05) is 67.2 Å². The van der Waals surface area contributed by atoms with Crippen molar-refractivity contribution in [2.45, 2.75) is 63.6 Å². The second-order valence-corrected chi connectivity index (χ2v) is 16.2. The highest BCUT2D eigenvalue weighted by Gasteiger charge is 2.53.